The number of benzene rings is 2. The van der Waals surface area contributed by atoms with Crippen molar-refractivity contribution in [2.75, 3.05) is 19.0 Å². The number of carbonyl (C=O) groups excluding carboxylic acids is 1. The van der Waals surface area contributed by atoms with Crippen LogP contribution in [0.4, 0.5) is 10.5 Å². The Hall–Kier alpha value is -3.08. The van der Waals surface area contributed by atoms with Crippen LogP contribution < -0.4 is 10.1 Å². The molecular weight excluding hydrogens is 350 g/mol. The molecule has 0 saturated carbocycles. The first kappa shape index (κ1) is 18.3. The third kappa shape index (κ3) is 3.79. The van der Waals surface area contributed by atoms with Crippen molar-refractivity contribution in [1.82, 2.24) is 9.88 Å². The van der Waals surface area contributed by atoms with Gasteiger partial charge in [-0.05, 0) is 42.7 Å². The molecule has 2 aromatic carbocycles. The summed E-state index contributed by atoms with van der Waals surface area (Å²) in [5, 5.41) is 4.12. The Morgan fingerprint density at radius 1 is 1.07 bits per heavy atom. The van der Waals surface area contributed by atoms with Crippen LogP contribution in [0.2, 0.25) is 0 Å². The molecule has 1 aliphatic heterocycles. The maximum atomic E-state index is 13.2. The lowest BCUT2D eigenvalue weighted by Gasteiger charge is -2.30. The lowest BCUT2D eigenvalue weighted by Crippen LogP contribution is -2.38. The molecule has 1 aromatic heterocycles. The molecule has 28 heavy (non-hydrogen) atoms. The van der Waals surface area contributed by atoms with Crippen LogP contribution in [0.5, 0.6) is 5.75 Å². The number of ether oxygens (including phenoxy) is 1. The Balaban J connectivity index is 1.60. The van der Waals surface area contributed by atoms with Crippen LogP contribution in [0.3, 0.4) is 0 Å². The highest BCUT2D eigenvalue weighted by molar-refractivity contribution is 5.99. The number of anilines is 1. The summed E-state index contributed by atoms with van der Waals surface area (Å²) >= 11 is 0. The fourth-order valence-corrected chi connectivity index (χ4v) is 3.92. The summed E-state index contributed by atoms with van der Waals surface area (Å²) in [7, 11) is 1.67. The van der Waals surface area contributed by atoms with Gasteiger partial charge in [-0.15, -0.1) is 0 Å². The van der Waals surface area contributed by atoms with E-state index in [2.05, 4.69) is 22.4 Å². The van der Waals surface area contributed by atoms with Crippen LogP contribution in [0.25, 0.3) is 10.9 Å². The number of hydrogen-bond donors (Lipinski definition) is 1. The molecule has 1 saturated heterocycles. The largest absolute Gasteiger partial charge is 0.497 e. The molecule has 5 nitrogen and oxygen atoms in total. The molecule has 0 spiro atoms. The Morgan fingerprint density at radius 3 is 2.71 bits per heavy atom. The highest BCUT2D eigenvalue weighted by Gasteiger charge is 2.27. The maximum absolute atomic E-state index is 13.2. The quantitative estimate of drug-likeness (QED) is 0.667. The number of carbonyl (C=O) groups is 1. The van der Waals surface area contributed by atoms with E-state index in [4.69, 9.17) is 4.74 Å². The van der Waals surface area contributed by atoms with Crippen LogP contribution in [-0.4, -0.2) is 29.6 Å². The molecule has 0 bridgehead atoms. The molecule has 1 atom stereocenters. The fraction of sp³-hybridized carbons (Fsp3) is 0.304. The Morgan fingerprint density at radius 2 is 1.89 bits per heavy atom. The molecule has 1 N–H and O–H groups in total. The number of amides is 2. The van der Waals surface area contributed by atoms with Gasteiger partial charge in [0.15, 0.2) is 0 Å². The molecule has 2 heterocycles. The first-order valence-electron chi connectivity index (χ1n) is 9.81. The number of methoxy groups -OCH3 is 1. The minimum absolute atomic E-state index is 0.0661. The number of nitrogens with one attached hydrogen (secondary N) is 1. The van der Waals surface area contributed by atoms with E-state index in [1.165, 1.54) is 0 Å². The predicted octanol–water partition coefficient (Wildman–Crippen LogP) is 5.39. The topological polar surface area (TPSA) is 54.5 Å². The molecule has 0 radical (unpaired) electrons. The van der Waals surface area contributed by atoms with Gasteiger partial charge in [0.1, 0.15) is 5.75 Å². The number of aromatic nitrogens is 1. The normalized spacial score (nSPS) is 17.2. The molecule has 0 aliphatic carbocycles. The molecule has 3 aromatic rings. The maximum Gasteiger partial charge on any atom is 0.322 e. The Kier molecular flexibility index (Phi) is 5.42. The highest BCUT2D eigenvalue weighted by atomic mass is 16.5. The number of fused-ring (bicyclic) bond motifs is 1. The highest BCUT2D eigenvalue weighted by Crippen LogP contribution is 2.32. The van der Waals surface area contributed by atoms with E-state index in [-0.39, 0.29) is 12.1 Å². The second-order valence-corrected chi connectivity index (χ2v) is 7.14. The number of likely N-dealkylation sites (tertiary alicyclic amines) is 1. The SMILES string of the molecule is COc1ccc(C2CCCCCN2C(=O)Nc2cccc3cccnc23)cc1. The van der Waals surface area contributed by atoms with Crippen molar-refractivity contribution < 1.29 is 9.53 Å². The second kappa shape index (κ2) is 8.30. The van der Waals surface area contributed by atoms with Crippen LogP contribution in [0.15, 0.2) is 60.8 Å². The fourth-order valence-electron chi connectivity index (χ4n) is 3.92. The molecular formula is C23H25N3O2. The van der Waals surface area contributed by atoms with E-state index in [1.54, 1.807) is 13.3 Å². The third-order valence-corrected chi connectivity index (χ3v) is 5.39. The van der Waals surface area contributed by atoms with Crippen molar-refractivity contribution in [1.29, 1.82) is 0 Å². The van der Waals surface area contributed by atoms with Gasteiger partial charge in [0.2, 0.25) is 0 Å². The van der Waals surface area contributed by atoms with E-state index >= 15 is 0 Å². The van der Waals surface area contributed by atoms with Gasteiger partial charge in [0.25, 0.3) is 0 Å². The average molecular weight is 375 g/mol. The van der Waals surface area contributed by atoms with Crippen molar-refractivity contribution in [3.63, 3.8) is 0 Å². The van der Waals surface area contributed by atoms with Gasteiger partial charge in [0, 0.05) is 18.1 Å². The molecule has 1 unspecified atom stereocenters. The first-order chi connectivity index (χ1) is 13.8. The van der Waals surface area contributed by atoms with Crippen molar-refractivity contribution in [2.45, 2.75) is 31.7 Å². The zero-order valence-corrected chi connectivity index (χ0v) is 16.1. The van der Waals surface area contributed by atoms with E-state index in [9.17, 15) is 4.79 Å². The average Bonchev–Trinajstić information content (AvgIpc) is 3.00. The molecule has 1 fully saturated rings. The third-order valence-electron chi connectivity index (χ3n) is 5.39. The van der Waals surface area contributed by atoms with Gasteiger partial charge in [-0.1, -0.05) is 43.2 Å². The summed E-state index contributed by atoms with van der Waals surface area (Å²) in [6.45, 7) is 0.751. The van der Waals surface area contributed by atoms with E-state index in [0.717, 1.165) is 60.1 Å². The molecule has 2 amide bonds. The molecule has 144 valence electrons. The number of pyridine rings is 1. The van der Waals surface area contributed by atoms with E-state index < -0.39 is 0 Å². The van der Waals surface area contributed by atoms with Gasteiger partial charge in [-0.3, -0.25) is 4.98 Å². The Labute approximate surface area is 165 Å². The standard InChI is InChI=1S/C23H25N3O2/c1-28-19-13-11-17(12-14-19)21-10-3-2-4-16-26(21)23(27)25-20-9-5-7-18-8-6-15-24-22(18)20/h5-9,11-15,21H,2-4,10,16H2,1H3,(H,25,27). The van der Waals surface area contributed by atoms with Gasteiger partial charge < -0.3 is 15.0 Å². The van der Waals surface area contributed by atoms with Crippen LogP contribution in [0.1, 0.15) is 37.3 Å². The summed E-state index contributed by atoms with van der Waals surface area (Å²) in [6.07, 6.45) is 6.01. The van der Waals surface area contributed by atoms with Crippen LogP contribution in [0, 0.1) is 0 Å². The molecule has 5 heteroatoms. The number of rotatable bonds is 3. The van der Waals surface area contributed by atoms with E-state index in [1.807, 2.05) is 47.4 Å². The van der Waals surface area contributed by atoms with Crippen molar-refractivity contribution in [3.8, 4) is 5.75 Å². The summed E-state index contributed by atoms with van der Waals surface area (Å²) in [6, 6.07) is 17.8. The summed E-state index contributed by atoms with van der Waals surface area (Å²) in [5.74, 6) is 0.829. The lowest BCUT2D eigenvalue weighted by molar-refractivity contribution is 0.189. The summed E-state index contributed by atoms with van der Waals surface area (Å²) in [5.41, 5.74) is 2.71. The lowest BCUT2D eigenvalue weighted by atomic mass is 10.0. The summed E-state index contributed by atoms with van der Waals surface area (Å²) < 4.78 is 5.28. The number of hydrogen-bond acceptors (Lipinski definition) is 3. The van der Waals surface area contributed by atoms with Crippen LogP contribution in [-0.2, 0) is 0 Å². The monoisotopic (exact) mass is 375 g/mol. The zero-order chi connectivity index (χ0) is 19.3. The van der Waals surface area contributed by atoms with Gasteiger partial charge >= 0.3 is 6.03 Å². The molecule has 1 aliphatic rings. The Bertz CT molecular complexity index is 950. The molecule has 4 rings (SSSR count). The van der Waals surface area contributed by atoms with Gasteiger partial charge in [-0.25, -0.2) is 4.79 Å². The van der Waals surface area contributed by atoms with E-state index in [0.29, 0.717) is 0 Å². The number of para-hydroxylation sites is 1. The first-order valence-corrected chi connectivity index (χ1v) is 9.81. The van der Waals surface area contributed by atoms with Crippen molar-refractivity contribution in [3.05, 3.63) is 66.4 Å². The predicted molar refractivity (Wildman–Crippen MR) is 112 cm³/mol. The van der Waals surface area contributed by atoms with Crippen LogP contribution >= 0.6 is 0 Å². The zero-order valence-electron chi connectivity index (χ0n) is 16.1. The minimum Gasteiger partial charge on any atom is -0.497 e. The van der Waals surface area contributed by atoms with Crippen molar-refractivity contribution >= 4 is 22.6 Å². The number of urea groups is 1. The van der Waals surface area contributed by atoms with Crippen molar-refractivity contribution in [2.24, 2.45) is 0 Å². The van der Waals surface area contributed by atoms with Gasteiger partial charge in [0.05, 0.1) is 24.4 Å². The minimum atomic E-state index is -0.0686. The smallest absolute Gasteiger partial charge is 0.322 e. The number of nitrogens with zero attached hydrogens (tertiary/aromatic N) is 2. The summed E-state index contributed by atoms with van der Waals surface area (Å²) in [4.78, 5) is 19.6. The second-order valence-electron chi connectivity index (χ2n) is 7.14. The van der Waals surface area contributed by atoms with Gasteiger partial charge in [-0.2, -0.15) is 0 Å².